The second kappa shape index (κ2) is 7.41. The molecular weight excluding hydrogens is 340 g/mol. The summed E-state index contributed by atoms with van der Waals surface area (Å²) in [5, 5.41) is 3.32. The number of para-hydroxylation sites is 2. The number of rotatable bonds is 5. The summed E-state index contributed by atoms with van der Waals surface area (Å²) in [6.45, 7) is 0.723. The summed E-state index contributed by atoms with van der Waals surface area (Å²) in [6.07, 6.45) is 0. The van der Waals surface area contributed by atoms with E-state index in [1.54, 1.807) is 11.9 Å². The number of carbonyl (C=O) groups is 1. The molecule has 0 aliphatic carbocycles. The zero-order chi connectivity index (χ0) is 18.6. The minimum atomic E-state index is -0.0494. The number of amides is 1. The Morgan fingerprint density at radius 2 is 1.70 bits per heavy atom. The van der Waals surface area contributed by atoms with E-state index in [2.05, 4.69) is 5.32 Å². The van der Waals surface area contributed by atoms with E-state index in [0.717, 1.165) is 28.4 Å². The normalized spacial score (nSPS) is 11.9. The quantitative estimate of drug-likeness (QED) is 0.731. The highest BCUT2D eigenvalue weighted by Crippen LogP contribution is 2.33. The number of anilines is 2. The summed E-state index contributed by atoms with van der Waals surface area (Å²) >= 11 is 0. The van der Waals surface area contributed by atoms with Crippen LogP contribution < -0.4 is 14.8 Å². The van der Waals surface area contributed by atoms with Crippen LogP contribution in [-0.4, -0.2) is 24.6 Å². The van der Waals surface area contributed by atoms with Crippen molar-refractivity contribution in [3.8, 4) is 11.5 Å². The van der Waals surface area contributed by atoms with Crippen molar-refractivity contribution >= 4 is 17.3 Å². The first-order valence-corrected chi connectivity index (χ1v) is 8.76. The minimum absolute atomic E-state index is 0.0494. The second-order valence-corrected chi connectivity index (χ2v) is 6.39. The maximum Gasteiger partial charge on any atom is 0.256 e. The van der Waals surface area contributed by atoms with Gasteiger partial charge in [-0.05, 0) is 42.0 Å². The Bertz CT molecular complexity index is 957. The van der Waals surface area contributed by atoms with E-state index in [9.17, 15) is 4.79 Å². The SMILES string of the molecule is CN(Cc1ccc2c(c1)OCO2)C(=O)c1ccccc1Nc1ccccc1. The summed E-state index contributed by atoms with van der Waals surface area (Å²) in [7, 11) is 1.80. The molecule has 0 unspecified atom stereocenters. The molecular formula is C22H20N2O3. The second-order valence-electron chi connectivity index (χ2n) is 6.39. The molecule has 0 atom stereocenters. The molecule has 4 rings (SSSR count). The number of nitrogens with one attached hydrogen (secondary N) is 1. The Morgan fingerprint density at radius 1 is 0.963 bits per heavy atom. The molecule has 1 amide bonds. The van der Waals surface area contributed by atoms with Gasteiger partial charge in [0.05, 0.1) is 11.3 Å². The fourth-order valence-electron chi connectivity index (χ4n) is 3.05. The smallest absolute Gasteiger partial charge is 0.256 e. The standard InChI is InChI=1S/C22H20N2O3/c1-24(14-16-11-12-20-21(13-16)27-15-26-20)22(25)18-9-5-6-10-19(18)23-17-7-3-2-4-8-17/h2-13,23H,14-15H2,1H3. The molecule has 3 aromatic carbocycles. The lowest BCUT2D eigenvalue weighted by Gasteiger charge is -2.20. The number of benzene rings is 3. The summed E-state index contributed by atoms with van der Waals surface area (Å²) in [6, 6.07) is 23.1. The lowest BCUT2D eigenvalue weighted by atomic mass is 10.1. The number of ether oxygens (including phenoxy) is 2. The van der Waals surface area contributed by atoms with Crippen molar-refractivity contribution in [2.75, 3.05) is 19.2 Å². The van der Waals surface area contributed by atoms with Gasteiger partial charge in [-0.3, -0.25) is 4.79 Å². The molecule has 27 heavy (non-hydrogen) atoms. The molecule has 1 heterocycles. The molecule has 1 N–H and O–H groups in total. The van der Waals surface area contributed by atoms with Crippen molar-refractivity contribution in [1.29, 1.82) is 0 Å². The van der Waals surface area contributed by atoms with Gasteiger partial charge in [-0.2, -0.15) is 0 Å². The van der Waals surface area contributed by atoms with Crippen LogP contribution in [0.25, 0.3) is 0 Å². The average Bonchev–Trinajstić information content (AvgIpc) is 3.16. The fraction of sp³-hybridized carbons (Fsp3) is 0.136. The van der Waals surface area contributed by atoms with Crippen LogP contribution in [0.3, 0.4) is 0 Å². The Morgan fingerprint density at radius 3 is 2.56 bits per heavy atom. The van der Waals surface area contributed by atoms with Gasteiger partial charge in [0, 0.05) is 19.3 Å². The predicted octanol–water partition coefficient (Wildman–Crippen LogP) is 4.43. The molecule has 0 fully saturated rings. The van der Waals surface area contributed by atoms with Gasteiger partial charge in [-0.15, -0.1) is 0 Å². The van der Waals surface area contributed by atoms with E-state index < -0.39 is 0 Å². The predicted molar refractivity (Wildman–Crippen MR) is 105 cm³/mol. The average molecular weight is 360 g/mol. The van der Waals surface area contributed by atoms with Gasteiger partial charge in [-0.1, -0.05) is 36.4 Å². The Hall–Kier alpha value is -3.47. The van der Waals surface area contributed by atoms with Gasteiger partial charge in [0.15, 0.2) is 11.5 Å². The largest absolute Gasteiger partial charge is 0.454 e. The van der Waals surface area contributed by atoms with Crippen molar-refractivity contribution in [3.05, 3.63) is 83.9 Å². The number of fused-ring (bicyclic) bond motifs is 1. The third-order valence-corrected chi connectivity index (χ3v) is 4.41. The van der Waals surface area contributed by atoms with Gasteiger partial charge in [-0.25, -0.2) is 0 Å². The summed E-state index contributed by atoms with van der Waals surface area (Å²) in [5.74, 6) is 1.41. The van der Waals surface area contributed by atoms with E-state index in [1.807, 2.05) is 72.8 Å². The lowest BCUT2D eigenvalue weighted by Crippen LogP contribution is -2.26. The molecule has 3 aromatic rings. The molecule has 0 bridgehead atoms. The van der Waals surface area contributed by atoms with Gasteiger partial charge in [0.25, 0.3) is 5.91 Å². The molecule has 136 valence electrons. The van der Waals surface area contributed by atoms with Crippen LogP contribution in [0.15, 0.2) is 72.8 Å². The van der Waals surface area contributed by atoms with Crippen LogP contribution in [-0.2, 0) is 6.54 Å². The monoisotopic (exact) mass is 360 g/mol. The molecule has 1 aliphatic heterocycles. The maximum atomic E-state index is 13.0. The fourth-order valence-corrected chi connectivity index (χ4v) is 3.05. The van der Waals surface area contributed by atoms with E-state index in [4.69, 9.17) is 9.47 Å². The van der Waals surface area contributed by atoms with E-state index in [-0.39, 0.29) is 12.7 Å². The van der Waals surface area contributed by atoms with Crippen molar-refractivity contribution < 1.29 is 14.3 Å². The van der Waals surface area contributed by atoms with Crippen LogP contribution in [0.2, 0.25) is 0 Å². The van der Waals surface area contributed by atoms with E-state index >= 15 is 0 Å². The van der Waals surface area contributed by atoms with Crippen LogP contribution in [0.1, 0.15) is 15.9 Å². The highest BCUT2D eigenvalue weighted by Gasteiger charge is 2.18. The van der Waals surface area contributed by atoms with Gasteiger partial charge in [0.2, 0.25) is 6.79 Å². The van der Waals surface area contributed by atoms with Crippen LogP contribution >= 0.6 is 0 Å². The zero-order valence-electron chi connectivity index (χ0n) is 15.0. The van der Waals surface area contributed by atoms with E-state index in [1.165, 1.54) is 0 Å². The molecule has 0 saturated carbocycles. The summed E-state index contributed by atoms with van der Waals surface area (Å²) < 4.78 is 10.8. The van der Waals surface area contributed by atoms with Crippen LogP contribution in [0, 0.1) is 0 Å². The Labute approximate surface area is 158 Å². The van der Waals surface area contributed by atoms with Gasteiger partial charge >= 0.3 is 0 Å². The molecule has 5 heteroatoms. The summed E-state index contributed by atoms with van der Waals surface area (Å²) in [5.41, 5.74) is 3.34. The number of carbonyl (C=O) groups excluding carboxylic acids is 1. The van der Waals surface area contributed by atoms with Gasteiger partial charge < -0.3 is 19.7 Å². The maximum absolute atomic E-state index is 13.0. The first kappa shape index (κ1) is 17.0. The van der Waals surface area contributed by atoms with Crippen molar-refractivity contribution in [3.63, 3.8) is 0 Å². The Balaban J connectivity index is 1.52. The highest BCUT2D eigenvalue weighted by molar-refractivity contribution is 6.00. The third-order valence-electron chi connectivity index (χ3n) is 4.41. The number of hydrogen-bond acceptors (Lipinski definition) is 4. The minimum Gasteiger partial charge on any atom is -0.454 e. The molecule has 5 nitrogen and oxygen atoms in total. The number of nitrogens with zero attached hydrogens (tertiary/aromatic N) is 1. The van der Waals surface area contributed by atoms with Crippen LogP contribution in [0.4, 0.5) is 11.4 Å². The van der Waals surface area contributed by atoms with Crippen molar-refractivity contribution in [1.82, 2.24) is 4.90 Å². The Kier molecular flexibility index (Phi) is 4.66. The third kappa shape index (κ3) is 3.72. The van der Waals surface area contributed by atoms with E-state index in [0.29, 0.717) is 12.1 Å². The lowest BCUT2D eigenvalue weighted by molar-refractivity contribution is 0.0786. The topological polar surface area (TPSA) is 50.8 Å². The molecule has 0 aromatic heterocycles. The zero-order valence-corrected chi connectivity index (χ0v) is 15.0. The molecule has 0 spiro atoms. The van der Waals surface area contributed by atoms with Gasteiger partial charge in [0.1, 0.15) is 0 Å². The highest BCUT2D eigenvalue weighted by atomic mass is 16.7. The summed E-state index contributed by atoms with van der Waals surface area (Å²) in [4.78, 5) is 14.7. The first-order valence-electron chi connectivity index (χ1n) is 8.76. The van der Waals surface area contributed by atoms with Crippen LogP contribution in [0.5, 0.6) is 11.5 Å². The molecule has 1 aliphatic rings. The first-order chi connectivity index (χ1) is 13.2. The molecule has 0 saturated heterocycles. The van der Waals surface area contributed by atoms with Crippen molar-refractivity contribution in [2.24, 2.45) is 0 Å². The number of hydrogen-bond donors (Lipinski definition) is 1. The molecule has 0 radical (unpaired) electrons. The van der Waals surface area contributed by atoms with Crippen molar-refractivity contribution in [2.45, 2.75) is 6.54 Å².